The maximum Gasteiger partial charge on any atom is 0.271 e. The van der Waals surface area contributed by atoms with Crippen molar-refractivity contribution in [3.63, 3.8) is 0 Å². The quantitative estimate of drug-likeness (QED) is 0.773. The van der Waals surface area contributed by atoms with Gasteiger partial charge in [0.1, 0.15) is 5.56 Å². The van der Waals surface area contributed by atoms with E-state index in [1.54, 1.807) is 23.7 Å². The number of nitrogens with one attached hydrogen (secondary N) is 1. The molecule has 124 valence electrons. The zero-order chi connectivity index (χ0) is 17.3. The van der Waals surface area contributed by atoms with Crippen LogP contribution in [-0.4, -0.2) is 15.3 Å². The molecule has 2 heterocycles. The van der Waals surface area contributed by atoms with Crippen LogP contribution in [0, 0.1) is 5.92 Å². The Morgan fingerprint density at radius 1 is 1.29 bits per heavy atom. The first-order valence-corrected chi connectivity index (χ1v) is 8.74. The summed E-state index contributed by atoms with van der Waals surface area (Å²) in [5.41, 5.74) is 0.607. The van der Waals surface area contributed by atoms with Gasteiger partial charge in [-0.3, -0.25) is 14.0 Å². The van der Waals surface area contributed by atoms with Crippen LogP contribution in [-0.2, 0) is 0 Å². The summed E-state index contributed by atoms with van der Waals surface area (Å²) in [5.74, 6) is -0.280. The molecular formula is C17H16ClN3O2S. The van der Waals surface area contributed by atoms with Crippen molar-refractivity contribution in [2.45, 2.75) is 19.9 Å². The smallest absolute Gasteiger partial charge is 0.271 e. The Hall–Kier alpha value is -2.18. The number of hydrogen-bond donors (Lipinski definition) is 1. The van der Waals surface area contributed by atoms with Gasteiger partial charge in [-0.2, -0.15) is 0 Å². The number of benzene rings is 1. The van der Waals surface area contributed by atoms with Gasteiger partial charge >= 0.3 is 0 Å². The first-order chi connectivity index (χ1) is 11.5. The molecule has 0 saturated heterocycles. The Labute approximate surface area is 147 Å². The predicted molar refractivity (Wildman–Crippen MR) is 95.8 cm³/mol. The van der Waals surface area contributed by atoms with E-state index in [1.165, 1.54) is 21.9 Å². The van der Waals surface area contributed by atoms with Crippen LogP contribution in [0.2, 0.25) is 5.02 Å². The van der Waals surface area contributed by atoms with Crippen molar-refractivity contribution in [2.24, 2.45) is 5.92 Å². The second-order valence-corrected chi connectivity index (χ2v) is 7.09. The van der Waals surface area contributed by atoms with Crippen molar-refractivity contribution in [2.75, 3.05) is 0 Å². The van der Waals surface area contributed by atoms with Gasteiger partial charge in [-0.15, -0.1) is 11.3 Å². The van der Waals surface area contributed by atoms with Crippen molar-refractivity contribution in [1.82, 2.24) is 14.7 Å². The van der Waals surface area contributed by atoms with Crippen LogP contribution >= 0.6 is 22.9 Å². The van der Waals surface area contributed by atoms with E-state index in [0.29, 0.717) is 9.98 Å². The number of rotatable bonds is 4. The van der Waals surface area contributed by atoms with Gasteiger partial charge in [-0.05, 0) is 23.6 Å². The van der Waals surface area contributed by atoms with Gasteiger partial charge in [0.2, 0.25) is 0 Å². The molecule has 0 aliphatic rings. The van der Waals surface area contributed by atoms with Crippen molar-refractivity contribution in [3.05, 3.63) is 68.5 Å². The highest BCUT2D eigenvalue weighted by Crippen LogP contribution is 2.23. The van der Waals surface area contributed by atoms with Gasteiger partial charge in [0, 0.05) is 22.8 Å². The Kier molecular flexibility index (Phi) is 4.69. The third-order valence-corrected chi connectivity index (χ3v) is 4.79. The normalized spacial score (nSPS) is 12.5. The van der Waals surface area contributed by atoms with E-state index >= 15 is 0 Å². The lowest BCUT2D eigenvalue weighted by atomic mass is 9.96. The highest BCUT2D eigenvalue weighted by molar-refractivity contribution is 7.15. The fraction of sp³-hybridized carbons (Fsp3) is 0.235. The molecule has 3 aromatic rings. The molecule has 1 atom stereocenters. The molecule has 0 saturated carbocycles. The lowest BCUT2D eigenvalue weighted by Crippen LogP contribution is -2.35. The van der Waals surface area contributed by atoms with Crippen molar-refractivity contribution >= 4 is 33.8 Å². The molecule has 5 nitrogen and oxygen atoms in total. The van der Waals surface area contributed by atoms with E-state index in [0.717, 1.165) is 5.56 Å². The largest absolute Gasteiger partial charge is 0.345 e. The van der Waals surface area contributed by atoms with Crippen LogP contribution in [0.5, 0.6) is 0 Å². The standard InChI is InChI=1S/C17H16ClN3O2S/c1-10(2)14(11-3-5-12(18)6-4-11)20-15(22)13-9-19-17-21(16(13)23)7-8-24-17/h3-10,14H,1-2H3,(H,20,22). The van der Waals surface area contributed by atoms with Gasteiger partial charge in [-0.1, -0.05) is 37.6 Å². The number of carbonyl (C=O) groups excluding carboxylic acids is 1. The summed E-state index contributed by atoms with van der Waals surface area (Å²) in [6.45, 7) is 4.01. The lowest BCUT2D eigenvalue weighted by molar-refractivity contribution is 0.0923. The molecule has 3 rings (SSSR count). The number of aromatic nitrogens is 2. The van der Waals surface area contributed by atoms with Crippen LogP contribution in [0.3, 0.4) is 0 Å². The molecule has 0 aliphatic heterocycles. The van der Waals surface area contributed by atoms with Gasteiger partial charge in [0.05, 0.1) is 6.04 Å². The Balaban J connectivity index is 1.91. The van der Waals surface area contributed by atoms with Gasteiger partial charge in [-0.25, -0.2) is 4.98 Å². The summed E-state index contributed by atoms with van der Waals surface area (Å²) in [7, 11) is 0. The van der Waals surface area contributed by atoms with Crippen LogP contribution in [0.15, 0.2) is 46.8 Å². The molecule has 0 radical (unpaired) electrons. The third-order valence-electron chi connectivity index (χ3n) is 3.77. The van der Waals surface area contributed by atoms with Gasteiger partial charge in [0.15, 0.2) is 4.96 Å². The summed E-state index contributed by atoms with van der Waals surface area (Å²) >= 11 is 7.27. The molecule has 24 heavy (non-hydrogen) atoms. The SMILES string of the molecule is CC(C)C(NC(=O)c1cnc2sccn2c1=O)c1ccc(Cl)cc1. The third kappa shape index (κ3) is 3.20. The van der Waals surface area contributed by atoms with E-state index in [-0.39, 0.29) is 23.1 Å². The average Bonchev–Trinajstić information content (AvgIpc) is 3.03. The molecule has 1 unspecified atom stereocenters. The number of hydrogen-bond acceptors (Lipinski definition) is 4. The van der Waals surface area contributed by atoms with Crippen molar-refractivity contribution in [1.29, 1.82) is 0 Å². The average molecular weight is 362 g/mol. The molecule has 7 heteroatoms. The number of nitrogens with zero attached hydrogens (tertiary/aromatic N) is 2. The second kappa shape index (κ2) is 6.75. The molecule has 0 fully saturated rings. The van der Waals surface area contributed by atoms with Crippen LogP contribution < -0.4 is 10.9 Å². The van der Waals surface area contributed by atoms with Crippen molar-refractivity contribution in [3.8, 4) is 0 Å². The zero-order valence-electron chi connectivity index (χ0n) is 13.2. The molecular weight excluding hydrogens is 346 g/mol. The summed E-state index contributed by atoms with van der Waals surface area (Å²) < 4.78 is 1.38. The van der Waals surface area contributed by atoms with E-state index < -0.39 is 5.91 Å². The van der Waals surface area contributed by atoms with Gasteiger partial charge < -0.3 is 5.32 Å². The number of carbonyl (C=O) groups is 1. The number of halogens is 1. The summed E-state index contributed by atoms with van der Waals surface area (Å²) in [6, 6.07) is 7.09. The summed E-state index contributed by atoms with van der Waals surface area (Å²) in [6.07, 6.45) is 2.95. The molecule has 0 spiro atoms. The minimum atomic E-state index is -0.429. The maximum atomic E-state index is 12.6. The van der Waals surface area contributed by atoms with E-state index in [9.17, 15) is 9.59 Å². The van der Waals surface area contributed by atoms with Gasteiger partial charge in [0.25, 0.3) is 11.5 Å². The minimum absolute atomic E-state index is 0.0329. The Morgan fingerprint density at radius 3 is 2.67 bits per heavy atom. The second-order valence-electron chi connectivity index (χ2n) is 5.78. The first kappa shape index (κ1) is 16.7. The minimum Gasteiger partial charge on any atom is -0.345 e. The van der Waals surface area contributed by atoms with Crippen molar-refractivity contribution < 1.29 is 4.79 Å². The fourth-order valence-corrected chi connectivity index (χ4v) is 3.31. The molecule has 0 bridgehead atoms. The summed E-state index contributed by atoms with van der Waals surface area (Å²) in [5, 5.41) is 5.33. The molecule has 2 aromatic heterocycles. The number of thiazole rings is 1. The van der Waals surface area contributed by atoms with Crippen LogP contribution in [0.25, 0.3) is 4.96 Å². The number of fused-ring (bicyclic) bond motifs is 1. The predicted octanol–water partition coefficient (Wildman–Crippen LogP) is 3.54. The highest BCUT2D eigenvalue weighted by atomic mass is 35.5. The summed E-state index contributed by atoms with van der Waals surface area (Å²) in [4.78, 5) is 29.7. The Morgan fingerprint density at radius 2 is 2.00 bits per heavy atom. The topological polar surface area (TPSA) is 63.5 Å². The number of amides is 1. The molecule has 1 N–H and O–H groups in total. The van der Waals surface area contributed by atoms with Crippen LogP contribution in [0.4, 0.5) is 0 Å². The highest BCUT2D eigenvalue weighted by Gasteiger charge is 2.21. The monoisotopic (exact) mass is 361 g/mol. The zero-order valence-corrected chi connectivity index (χ0v) is 14.8. The van der Waals surface area contributed by atoms with E-state index in [1.807, 2.05) is 26.0 Å². The molecule has 0 aliphatic carbocycles. The fourth-order valence-electron chi connectivity index (χ4n) is 2.50. The molecule has 1 amide bonds. The Bertz CT molecular complexity index is 931. The van der Waals surface area contributed by atoms with Crippen LogP contribution in [0.1, 0.15) is 35.8 Å². The van der Waals surface area contributed by atoms with E-state index in [2.05, 4.69) is 10.3 Å². The molecule has 1 aromatic carbocycles. The lowest BCUT2D eigenvalue weighted by Gasteiger charge is -2.23. The maximum absolute atomic E-state index is 12.6. The first-order valence-electron chi connectivity index (χ1n) is 7.48. The van der Waals surface area contributed by atoms with E-state index in [4.69, 9.17) is 11.6 Å².